The van der Waals surface area contributed by atoms with Crippen molar-refractivity contribution in [1.82, 2.24) is 0 Å². The highest BCUT2D eigenvalue weighted by Gasteiger charge is 2.15. The van der Waals surface area contributed by atoms with E-state index in [4.69, 9.17) is 0 Å². The van der Waals surface area contributed by atoms with Crippen LogP contribution in [-0.4, -0.2) is 17.9 Å². The fraction of sp³-hybridized carbons (Fsp3) is 0.286. The molecule has 0 aromatic carbocycles. The molecule has 1 atom stereocenters. The molecular weight excluding hydrogens is 192 g/mol. The zero-order chi connectivity index (χ0) is 6.74. The lowest BCUT2D eigenvalue weighted by Crippen LogP contribution is -3.00. The van der Waals surface area contributed by atoms with E-state index < -0.39 is 0 Å². The van der Waals surface area contributed by atoms with Gasteiger partial charge in [0, 0.05) is 6.92 Å². The van der Waals surface area contributed by atoms with Crippen LogP contribution in [0.3, 0.4) is 0 Å². The third kappa shape index (κ3) is 1.98. The van der Waals surface area contributed by atoms with E-state index in [2.05, 4.69) is 17.0 Å². The van der Waals surface area contributed by atoms with Crippen LogP contribution in [0.5, 0.6) is 0 Å². The normalized spacial score (nSPS) is 27.0. The smallest absolute Gasteiger partial charge is 0.207 e. The van der Waals surface area contributed by atoms with Crippen molar-refractivity contribution in [3.63, 3.8) is 0 Å². The summed E-state index contributed by atoms with van der Waals surface area (Å²) < 4.78 is 0.510. The van der Waals surface area contributed by atoms with E-state index in [1.54, 1.807) is 12.5 Å². The minimum absolute atomic E-state index is 0. The van der Waals surface area contributed by atoms with Crippen molar-refractivity contribution in [2.24, 2.45) is 4.99 Å². The highest BCUT2D eigenvalue weighted by molar-refractivity contribution is 5.52. The average molecular weight is 201 g/mol. The van der Waals surface area contributed by atoms with Crippen LogP contribution in [0, 0.1) is 12.0 Å². The summed E-state index contributed by atoms with van der Waals surface area (Å²) in [5, 5.41) is 0. The SMILES string of the molecule is CC#C[N+]1(C)C=CN=C1.[Br-]. The van der Waals surface area contributed by atoms with Crippen molar-refractivity contribution in [1.29, 1.82) is 0 Å². The number of hydrogen-bond donors (Lipinski definition) is 0. The average Bonchev–Trinajstić information content (AvgIpc) is 2.16. The number of nitrogens with zero attached hydrogens (tertiary/aromatic N) is 2. The first-order valence-corrected chi connectivity index (χ1v) is 2.79. The summed E-state index contributed by atoms with van der Waals surface area (Å²) in [5.41, 5.74) is 0. The van der Waals surface area contributed by atoms with Gasteiger partial charge in [-0.25, -0.2) is 4.99 Å². The van der Waals surface area contributed by atoms with Gasteiger partial charge in [0.25, 0.3) is 0 Å². The van der Waals surface area contributed by atoms with E-state index in [0.29, 0.717) is 4.48 Å². The number of halogens is 1. The van der Waals surface area contributed by atoms with Crippen LogP contribution in [0.25, 0.3) is 0 Å². The Labute approximate surface area is 71.6 Å². The first-order chi connectivity index (χ1) is 4.27. The van der Waals surface area contributed by atoms with E-state index in [-0.39, 0.29) is 17.0 Å². The molecule has 1 unspecified atom stereocenters. The predicted octanol–water partition coefficient (Wildman–Crippen LogP) is -2.07. The van der Waals surface area contributed by atoms with Crippen molar-refractivity contribution in [2.75, 3.05) is 7.05 Å². The van der Waals surface area contributed by atoms with Gasteiger partial charge in [-0.2, -0.15) is 4.48 Å². The predicted molar refractivity (Wildman–Crippen MR) is 37.3 cm³/mol. The second-order valence-corrected chi connectivity index (χ2v) is 2.07. The van der Waals surface area contributed by atoms with Gasteiger partial charge in [-0.3, -0.25) is 0 Å². The quantitative estimate of drug-likeness (QED) is 0.315. The van der Waals surface area contributed by atoms with Gasteiger partial charge in [0.15, 0.2) is 0 Å². The molecular formula is C7H9BrN2. The maximum Gasteiger partial charge on any atom is 0.207 e. The Morgan fingerprint density at radius 1 is 1.50 bits per heavy atom. The van der Waals surface area contributed by atoms with Crippen LogP contribution in [0.2, 0.25) is 0 Å². The van der Waals surface area contributed by atoms with Crippen molar-refractivity contribution >= 4 is 6.34 Å². The van der Waals surface area contributed by atoms with Crippen LogP contribution in [-0.2, 0) is 0 Å². The van der Waals surface area contributed by atoms with Crippen LogP contribution in [0.15, 0.2) is 17.4 Å². The molecule has 10 heavy (non-hydrogen) atoms. The van der Waals surface area contributed by atoms with Gasteiger partial charge in [0.05, 0.1) is 13.2 Å². The Kier molecular flexibility index (Phi) is 3.34. The molecule has 1 aliphatic heterocycles. The molecule has 1 aliphatic rings. The third-order valence-electron chi connectivity index (χ3n) is 1.12. The first-order valence-electron chi connectivity index (χ1n) is 2.79. The Balaban J connectivity index is 0.000000810. The highest BCUT2D eigenvalue weighted by Crippen LogP contribution is 2.03. The third-order valence-corrected chi connectivity index (χ3v) is 1.12. The molecule has 0 fully saturated rings. The molecule has 0 aromatic rings. The Bertz CT molecular complexity index is 207. The van der Waals surface area contributed by atoms with Crippen molar-refractivity contribution in [3.8, 4) is 12.0 Å². The van der Waals surface area contributed by atoms with Crippen molar-refractivity contribution in [2.45, 2.75) is 6.92 Å². The second-order valence-electron chi connectivity index (χ2n) is 2.07. The molecule has 2 nitrogen and oxygen atoms in total. The Hall–Kier alpha value is -0.590. The lowest BCUT2D eigenvalue weighted by atomic mass is 10.6. The van der Waals surface area contributed by atoms with Gasteiger partial charge in [0.2, 0.25) is 6.34 Å². The van der Waals surface area contributed by atoms with Gasteiger partial charge in [-0.15, -0.1) is 0 Å². The number of hydrogen-bond acceptors (Lipinski definition) is 1. The molecule has 54 valence electrons. The zero-order valence-electron chi connectivity index (χ0n) is 6.00. The summed E-state index contributed by atoms with van der Waals surface area (Å²) in [6.45, 7) is 1.82. The van der Waals surface area contributed by atoms with Crippen LogP contribution in [0.4, 0.5) is 0 Å². The van der Waals surface area contributed by atoms with Crippen molar-refractivity contribution in [3.05, 3.63) is 12.4 Å². The van der Waals surface area contributed by atoms with Crippen LogP contribution < -0.4 is 17.0 Å². The standard InChI is InChI=1S/C7H9N2.BrH/c1-3-5-9(2)6-4-8-7-9;/h4,6-7H,1-2H3;1H/q+1;/p-1. The Morgan fingerprint density at radius 2 is 2.20 bits per heavy atom. The molecule has 0 radical (unpaired) electrons. The van der Waals surface area contributed by atoms with Crippen LogP contribution >= 0.6 is 0 Å². The molecule has 0 amide bonds. The van der Waals surface area contributed by atoms with Gasteiger partial charge in [-0.05, 0) is 5.92 Å². The minimum atomic E-state index is 0. The Morgan fingerprint density at radius 3 is 2.60 bits per heavy atom. The van der Waals surface area contributed by atoms with E-state index in [1.165, 1.54) is 0 Å². The summed E-state index contributed by atoms with van der Waals surface area (Å²) >= 11 is 0. The van der Waals surface area contributed by atoms with Gasteiger partial charge >= 0.3 is 0 Å². The molecule has 0 saturated carbocycles. The summed E-state index contributed by atoms with van der Waals surface area (Å²) in [7, 11) is 1.98. The minimum Gasteiger partial charge on any atom is -1.00 e. The lowest BCUT2D eigenvalue weighted by molar-refractivity contribution is -0.677. The van der Waals surface area contributed by atoms with Gasteiger partial charge < -0.3 is 17.0 Å². The maximum absolute atomic E-state index is 3.92. The largest absolute Gasteiger partial charge is 1.00 e. The fourth-order valence-corrected chi connectivity index (χ4v) is 0.699. The molecule has 0 spiro atoms. The summed E-state index contributed by atoms with van der Waals surface area (Å²) in [6.07, 6.45) is 5.47. The monoisotopic (exact) mass is 200 g/mol. The maximum atomic E-state index is 3.92. The summed E-state index contributed by atoms with van der Waals surface area (Å²) in [6, 6.07) is 2.97. The number of quaternary nitrogens is 1. The fourth-order valence-electron chi connectivity index (χ4n) is 0.699. The van der Waals surface area contributed by atoms with E-state index in [9.17, 15) is 0 Å². The number of aliphatic imine (C=N–C) groups is 1. The molecule has 1 heterocycles. The van der Waals surface area contributed by atoms with E-state index in [1.807, 2.05) is 20.2 Å². The van der Waals surface area contributed by atoms with E-state index >= 15 is 0 Å². The second kappa shape index (κ2) is 3.55. The number of rotatable bonds is 0. The van der Waals surface area contributed by atoms with Crippen LogP contribution in [0.1, 0.15) is 6.92 Å². The molecule has 0 aromatic heterocycles. The highest BCUT2D eigenvalue weighted by atomic mass is 79.9. The topological polar surface area (TPSA) is 12.4 Å². The van der Waals surface area contributed by atoms with Gasteiger partial charge in [0.1, 0.15) is 12.2 Å². The lowest BCUT2D eigenvalue weighted by Gasteiger charge is -2.09. The summed E-state index contributed by atoms with van der Waals surface area (Å²) in [5.74, 6) is 2.83. The van der Waals surface area contributed by atoms with Gasteiger partial charge in [-0.1, -0.05) is 0 Å². The molecule has 0 bridgehead atoms. The molecule has 3 heteroatoms. The van der Waals surface area contributed by atoms with E-state index in [0.717, 1.165) is 0 Å². The zero-order valence-corrected chi connectivity index (χ0v) is 7.59. The molecule has 0 N–H and O–H groups in total. The summed E-state index contributed by atoms with van der Waals surface area (Å²) in [4.78, 5) is 3.92. The molecule has 0 aliphatic carbocycles. The van der Waals surface area contributed by atoms with Crippen molar-refractivity contribution < 1.29 is 21.5 Å². The first kappa shape index (κ1) is 9.41. The molecule has 0 saturated heterocycles. The molecule has 1 rings (SSSR count).